The molecule has 0 N–H and O–H groups in total. The van der Waals surface area contributed by atoms with Gasteiger partial charge in [0.2, 0.25) is 11.7 Å². The Bertz CT molecular complexity index is 473. The van der Waals surface area contributed by atoms with Gasteiger partial charge in [0.15, 0.2) is 11.6 Å². The van der Waals surface area contributed by atoms with Crippen LogP contribution in [0.5, 0.6) is 5.75 Å². The molecule has 5 heteroatoms. The molecule has 1 nitrogen and oxygen atoms in total. The van der Waals surface area contributed by atoms with Crippen LogP contribution in [0.1, 0.15) is 37.7 Å². The Morgan fingerprint density at radius 1 is 1.26 bits per heavy atom. The molecule has 2 atom stereocenters. The molecule has 0 saturated heterocycles. The van der Waals surface area contributed by atoms with Crippen LogP contribution in [0.2, 0.25) is 0 Å². The van der Waals surface area contributed by atoms with E-state index in [0.29, 0.717) is 5.56 Å². The highest BCUT2D eigenvalue weighted by Gasteiger charge is 2.41. The van der Waals surface area contributed by atoms with Crippen molar-refractivity contribution in [3.8, 4) is 5.75 Å². The lowest BCUT2D eigenvalue weighted by molar-refractivity contribution is -0.0557. The minimum Gasteiger partial charge on any atom is -0.493 e. The quantitative estimate of drug-likeness (QED) is 0.722. The van der Waals surface area contributed by atoms with Crippen LogP contribution >= 0.6 is 0 Å². The Labute approximate surface area is 109 Å². The van der Waals surface area contributed by atoms with Gasteiger partial charge in [0.25, 0.3) is 0 Å². The first-order chi connectivity index (χ1) is 8.85. The Kier molecular flexibility index (Phi) is 3.74. The first-order valence-corrected chi connectivity index (χ1v) is 6.25. The highest BCUT2D eigenvalue weighted by Crippen LogP contribution is 2.47. The number of hydrogen-bond acceptors (Lipinski definition) is 1. The van der Waals surface area contributed by atoms with Gasteiger partial charge in [-0.2, -0.15) is 4.39 Å². The minimum absolute atomic E-state index is 0.165. The number of rotatable bonds is 2. The van der Waals surface area contributed by atoms with Gasteiger partial charge in [0.1, 0.15) is 0 Å². The van der Waals surface area contributed by atoms with Crippen molar-refractivity contribution in [3.05, 3.63) is 29.3 Å². The molecule has 0 heterocycles. The van der Waals surface area contributed by atoms with Crippen molar-refractivity contribution in [2.45, 2.75) is 38.0 Å². The molecule has 0 spiro atoms. The third-order valence-corrected chi connectivity index (χ3v) is 3.81. The van der Waals surface area contributed by atoms with E-state index in [9.17, 15) is 17.6 Å². The van der Waals surface area contributed by atoms with E-state index < -0.39 is 17.6 Å². The van der Waals surface area contributed by atoms with E-state index in [1.807, 2.05) is 0 Å². The highest BCUT2D eigenvalue weighted by atomic mass is 19.3. The SMILES string of the molecule is COc1c([C@@H]2CCC(F)(F)CC2C)ccc(F)c1F. The van der Waals surface area contributed by atoms with Gasteiger partial charge in [-0.15, -0.1) is 0 Å². The lowest BCUT2D eigenvalue weighted by Crippen LogP contribution is -2.30. The summed E-state index contributed by atoms with van der Waals surface area (Å²) < 4.78 is 58.3. The Hall–Kier alpha value is -1.26. The van der Waals surface area contributed by atoms with Crippen molar-refractivity contribution in [2.24, 2.45) is 5.92 Å². The lowest BCUT2D eigenvalue weighted by Gasteiger charge is -2.34. The number of hydrogen-bond donors (Lipinski definition) is 0. The van der Waals surface area contributed by atoms with E-state index in [4.69, 9.17) is 4.74 Å². The van der Waals surface area contributed by atoms with E-state index in [1.54, 1.807) is 6.92 Å². The molecule has 19 heavy (non-hydrogen) atoms. The second-order valence-electron chi connectivity index (χ2n) is 5.17. The van der Waals surface area contributed by atoms with Gasteiger partial charge in [0.05, 0.1) is 7.11 Å². The highest BCUT2D eigenvalue weighted by molar-refractivity contribution is 5.39. The Morgan fingerprint density at radius 2 is 1.95 bits per heavy atom. The van der Waals surface area contributed by atoms with Gasteiger partial charge < -0.3 is 4.74 Å². The lowest BCUT2D eigenvalue weighted by atomic mass is 9.74. The van der Waals surface area contributed by atoms with Crippen molar-refractivity contribution >= 4 is 0 Å². The van der Waals surface area contributed by atoms with Crippen LogP contribution in [0.15, 0.2) is 12.1 Å². The molecule has 0 aromatic heterocycles. The molecule has 106 valence electrons. The summed E-state index contributed by atoms with van der Waals surface area (Å²) in [6.45, 7) is 1.71. The topological polar surface area (TPSA) is 9.23 Å². The van der Waals surface area contributed by atoms with E-state index in [1.165, 1.54) is 13.2 Å². The maximum Gasteiger partial charge on any atom is 0.248 e. The van der Waals surface area contributed by atoms with Gasteiger partial charge in [-0.3, -0.25) is 0 Å². The summed E-state index contributed by atoms with van der Waals surface area (Å²) in [5, 5.41) is 0. The van der Waals surface area contributed by atoms with Crippen LogP contribution < -0.4 is 4.74 Å². The molecule has 0 bridgehead atoms. The predicted molar refractivity (Wildman–Crippen MR) is 63.6 cm³/mol. The fourth-order valence-electron chi connectivity index (χ4n) is 2.88. The molecule has 1 saturated carbocycles. The van der Waals surface area contributed by atoms with E-state index in [0.717, 1.165) is 6.07 Å². The van der Waals surface area contributed by atoms with Gasteiger partial charge in [-0.1, -0.05) is 13.0 Å². The molecule has 1 aromatic rings. The average molecular weight is 276 g/mol. The predicted octanol–water partition coefficient (Wildman–Crippen LogP) is 4.51. The third kappa shape index (κ3) is 2.69. The number of alkyl halides is 2. The van der Waals surface area contributed by atoms with Gasteiger partial charge in [-0.25, -0.2) is 13.2 Å². The van der Waals surface area contributed by atoms with Crippen LogP contribution in [-0.2, 0) is 0 Å². The molecule has 1 aliphatic carbocycles. The number of ether oxygens (including phenoxy) is 1. The summed E-state index contributed by atoms with van der Waals surface area (Å²) in [6.07, 6.45) is -0.223. The second kappa shape index (κ2) is 5.02. The molecule has 0 amide bonds. The smallest absolute Gasteiger partial charge is 0.248 e. The fraction of sp³-hybridized carbons (Fsp3) is 0.571. The minimum atomic E-state index is -2.66. The van der Waals surface area contributed by atoms with Crippen molar-refractivity contribution in [2.75, 3.05) is 7.11 Å². The summed E-state index contributed by atoms with van der Waals surface area (Å²) in [4.78, 5) is 0. The zero-order valence-corrected chi connectivity index (χ0v) is 10.9. The summed E-state index contributed by atoms with van der Waals surface area (Å²) in [5.41, 5.74) is 0.476. The average Bonchev–Trinajstić information content (AvgIpc) is 2.32. The molecule has 2 rings (SSSR count). The first kappa shape index (κ1) is 14.2. The van der Waals surface area contributed by atoms with Gasteiger partial charge >= 0.3 is 0 Å². The van der Waals surface area contributed by atoms with Gasteiger partial charge in [-0.05, 0) is 24.3 Å². The summed E-state index contributed by atoms with van der Waals surface area (Å²) in [7, 11) is 1.25. The normalized spacial score (nSPS) is 26.2. The largest absolute Gasteiger partial charge is 0.493 e. The van der Waals surface area contributed by atoms with Crippen molar-refractivity contribution in [1.29, 1.82) is 0 Å². The van der Waals surface area contributed by atoms with Crippen LogP contribution in [0.25, 0.3) is 0 Å². The van der Waals surface area contributed by atoms with Crippen molar-refractivity contribution < 1.29 is 22.3 Å². The van der Waals surface area contributed by atoms with Gasteiger partial charge in [0, 0.05) is 18.4 Å². The van der Waals surface area contributed by atoms with Crippen LogP contribution in [-0.4, -0.2) is 13.0 Å². The monoisotopic (exact) mass is 276 g/mol. The van der Waals surface area contributed by atoms with Crippen molar-refractivity contribution in [3.63, 3.8) is 0 Å². The zero-order valence-electron chi connectivity index (χ0n) is 10.9. The Morgan fingerprint density at radius 3 is 2.53 bits per heavy atom. The molecule has 1 unspecified atom stereocenters. The Balaban J connectivity index is 2.35. The zero-order chi connectivity index (χ0) is 14.2. The summed E-state index contributed by atoms with van der Waals surface area (Å²) in [5.74, 6) is -5.41. The maximum atomic E-state index is 13.6. The number of methoxy groups -OCH3 is 1. The van der Waals surface area contributed by atoms with Crippen molar-refractivity contribution in [1.82, 2.24) is 0 Å². The molecular formula is C14H16F4O. The van der Waals surface area contributed by atoms with E-state index >= 15 is 0 Å². The van der Waals surface area contributed by atoms with E-state index in [-0.39, 0.29) is 36.8 Å². The molecule has 1 aliphatic rings. The summed E-state index contributed by atoms with van der Waals surface area (Å²) >= 11 is 0. The number of halogens is 4. The summed E-state index contributed by atoms with van der Waals surface area (Å²) in [6, 6.07) is 2.45. The number of benzene rings is 1. The molecule has 1 aromatic carbocycles. The van der Waals surface area contributed by atoms with E-state index in [2.05, 4.69) is 0 Å². The molecular weight excluding hydrogens is 260 g/mol. The maximum absolute atomic E-state index is 13.6. The molecule has 1 fully saturated rings. The van der Waals surface area contributed by atoms with Crippen LogP contribution in [0.3, 0.4) is 0 Å². The fourth-order valence-corrected chi connectivity index (χ4v) is 2.88. The first-order valence-electron chi connectivity index (χ1n) is 6.25. The third-order valence-electron chi connectivity index (χ3n) is 3.81. The second-order valence-corrected chi connectivity index (χ2v) is 5.17. The standard InChI is InChI=1S/C14H16F4O/c1-8-7-14(17,18)6-5-9(8)10-3-4-11(15)12(16)13(10)19-2/h3-4,8-9H,5-7H2,1-2H3/t8?,9-/m1/s1. The van der Waals surface area contributed by atoms with Crippen LogP contribution in [0, 0.1) is 17.6 Å². The molecule has 0 radical (unpaired) electrons. The van der Waals surface area contributed by atoms with Crippen LogP contribution in [0.4, 0.5) is 17.6 Å². The molecule has 0 aliphatic heterocycles.